The van der Waals surface area contributed by atoms with Crippen molar-refractivity contribution < 1.29 is 9.53 Å². The third-order valence-electron chi connectivity index (χ3n) is 4.67. The van der Waals surface area contributed by atoms with Crippen molar-refractivity contribution in [3.05, 3.63) is 68.4 Å². The molecule has 4 rings (SSSR count). The second-order valence-corrected chi connectivity index (χ2v) is 8.88. The number of benzene rings is 1. The number of hydrogen-bond donors (Lipinski definition) is 0. The van der Waals surface area contributed by atoms with E-state index >= 15 is 0 Å². The number of Topliss-reactive ketones (excluding diaryl/α,β-unsaturated/α-hetero) is 1. The van der Waals surface area contributed by atoms with Crippen molar-refractivity contribution in [3.63, 3.8) is 0 Å². The van der Waals surface area contributed by atoms with Crippen LogP contribution in [0, 0.1) is 6.92 Å². The maximum Gasteiger partial charge on any atom is 0.263 e. The molecule has 7 heteroatoms. The molecule has 0 saturated carbocycles. The topological polar surface area (TPSA) is 61.2 Å². The van der Waals surface area contributed by atoms with Gasteiger partial charge in [0.2, 0.25) is 0 Å². The summed E-state index contributed by atoms with van der Waals surface area (Å²) in [5.41, 5.74) is 2.22. The molecular formula is C22H20N2O3S2. The van der Waals surface area contributed by atoms with Crippen molar-refractivity contribution in [2.24, 2.45) is 0 Å². The minimum absolute atomic E-state index is 0.0246. The summed E-state index contributed by atoms with van der Waals surface area (Å²) in [5, 5.41) is 2.64. The van der Waals surface area contributed by atoms with Crippen LogP contribution in [0.1, 0.15) is 34.6 Å². The van der Waals surface area contributed by atoms with E-state index in [1.807, 2.05) is 18.4 Å². The lowest BCUT2D eigenvalue weighted by atomic mass is 10.1. The number of ketones is 1. The van der Waals surface area contributed by atoms with E-state index in [0.717, 1.165) is 20.8 Å². The lowest BCUT2D eigenvalue weighted by Crippen LogP contribution is -2.21. The number of aryl methyl sites for hydroxylation is 1. The molecular weight excluding hydrogens is 404 g/mol. The fourth-order valence-corrected chi connectivity index (χ4v) is 5.10. The molecule has 0 atom stereocenters. The summed E-state index contributed by atoms with van der Waals surface area (Å²) in [7, 11) is 0. The van der Waals surface area contributed by atoms with Crippen LogP contribution in [-0.4, -0.2) is 21.9 Å². The lowest BCUT2D eigenvalue weighted by Gasteiger charge is -2.13. The second-order valence-electron chi connectivity index (χ2n) is 6.73. The van der Waals surface area contributed by atoms with E-state index in [4.69, 9.17) is 4.74 Å². The molecule has 1 aromatic carbocycles. The number of carbonyl (C=O) groups excluding carboxylic acids is 1. The predicted octanol–water partition coefficient (Wildman–Crippen LogP) is 5.14. The molecule has 0 amide bonds. The van der Waals surface area contributed by atoms with Gasteiger partial charge in [0, 0.05) is 31.8 Å². The van der Waals surface area contributed by atoms with Gasteiger partial charge in [0.1, 0.15) is 10.6 Å². The van der Waals surface area contributed by atoms with Gasteiger partial charge in [-0.1, -0.05) is 0 Å². The molecule has 3 heterocycles. The highest BCUT2D eigenvalue weighted by molar-refractivity contribution is 7.19. The molecule has 0 bridgehead atoms. The Bertz CT molecular complexity index is 1270. The molecule has 0 fully saturated rings. The van der Waals surface area contributed by atoms with Crippen LogP contribution >= 0.6 is 22.7 Å². The third kappa shape index (κ3) is 3.75. The molecule has 0 aliphatic carbocycles. The Labute approximate surface area is 176 Å². The van der Waals surface area contributed by atoms with E-state index in [1.54, 1.807) is 40.4 Å². The summed E-state index contributed by atoms with van der Waals surface area (Å²) >= 11 is 3.14. The highest BCUT2D eigenvalue weighted by atomic mass is 32.1. The van der Waals surface area contributed by atoms with Crippen LogP contribution in [0.5, 0.6) is 5.75 Å². The Hall–Kier alpha value is -2.77. The quantitative estimate of drug-likeness (QED) is 0.402. The van der Waals surface area contributed by atoms with Gasteiger partial charge in [-0.3, -0.25) is 14.2 Å². The Morgan fingerprint density at radius 1 is 1.24 bits per heavy atom. The zero-order valence-electron chi connectivity index (χ0n) is 16.4. The van der Waals surface area contributed by atoms with Crippen molar-refractivity contribution in [2.45, 2.75) is 27.3 Å². The van der Waals surface area contributed by atoms with Crippen LogP contribution in [-0.2, 0) is 6.54 Å². The van der Waals surface area contributed by atoms with E-state index < -0.39 is 0 Å². The minimum Gasteiger partial charge on any atom is -0.494 e. The summed E-state index contributed by atoms with van der Waals surface area (Å²) < 4.78 is 7.29. The van der Waals surface area contributed by atoms with E-state index in [-0.39, 0.29) is 17.9 Å². The fourth-order valence-electron chi connectivity index (χ4n) is 3.24. The number of thiophene rings is 2. The van der Waals surface area contributed by atoms with Gasteiger partial charge in [-0.05, 0) is 51.1 Å². The highest BCUT2D eigenvalue weighted by Gasteiger charge is 2.16. The maximum absolute atomic E-state index is 13.3. The molecule has 0 N–H and O–H groups in total. The van der Waals surface area contributed by atoms with Gasteiger partial charge < -0.3 is 4.74 Å². The van der Waals surface area contributed by atoms with Gasteiger partial charge in [0.15, 0.2) is 5.78 Å². The number of nitrogens with zero attached hydrogens (tertiary/aromatic N) is 2. The normalized spacial score (nSPS) is 11.1. The van der Waals surface area contributed by atoms with E-state index in [0.29, 0.717) is 23.3 Å². The average molecular weight is 425 g/mol. The van der Waals surface area contributed by atoms with Crippen molar-refractivity contribution in [1.82, 2.24) is 9.55 Å². The smallest absolute Gasteiger partial charge is 0.263 e. The van der Waals surface area contributed by atoms with Crippen molar-refractivity contribution in [2.75, 3.05) is 6.61 Å². The van der Waals surface area contributed by atoms with Gasteiger partial charge >= 0.3 is 0 Å². The Kier molecular flexibility index (Phi) is 5.34. The predicted molar refractivity (Wildman–Crippen MR) is 119 cm³/mol. The van der Waals surface area contributed by atoms with Crippen LogP contribution in [0.3, 0.4) is 0 Å². The number of rotatable bonds is 6. The Morgan fingerprint density at radius 3 is 2.76 bits per heavy atom. The zero-order valence-corrected chi connectivity index (χ0v) is 18.0. The monoisotopic (exact) mass is 424 g/mol. The fraction of sp³-hybridized carbons (Fsp3) is 0.227. The molecule has 0 unspecified atom stereocenters. The van der Waals surface area contributed by atoms with Crippen LogP contribution in [0.4, 0.5) is 0 Å². The van der Waals surface area contributed by atoms with Gasteiger partial charge in [0.25, 0.3) is 5.56 Å². The average Bonchev–Trinajstić information content (AvgIpc) is 3.31. The molecule has 0 aliphatic rings. The van der Waals surface area contributed by atoms with Crippen LogP contribution in [0.2, 0.25) is 0 Å². The molecule has 0 radical (unpaired) electrons. The molecule has 3 aromatic heterocycles. The van der Waals surface area contributed by atoms with Gasteiger partial charge in [0.05, 0.1) is 24.9 Å². The highest BCUT2D eigenvalue weighted by Crippen LogP contribution is 2.35. The largest absolute Gasteiger partial charge is 0.494 e. The van der Waals surface area contributed by atoms with Gasteiger partial charge in [-0.25, -0.2) is 4.98 Å². The van der Waals surface area contributed by atoms with Crippen molar-refractivity contribution in [3.8, 4) is 16.2 Å². The van der Waals surface area contributed by atoms with E-state index in [2.05, 4.69) is 18.0 Å². The number of fused-ring (bicyclic) bond motifs is 1. The Balaban J connectivity index is 1.81. The first kappa shape index (κ1) is 19.5. The summed E-state index contributed by atoms with van der Waals surface area (Å²) in [4.78, 5) is 32.6. The van der Waals surface area contributed by atoms with Crippen LogP contribution in [0.25, 0.3) is 20.7 Å². The Morgan fingerprint density at radius 2 is 2.07 bits per heavy atom. The van der Waals surface area contributed by atoms with Crippen LogP contribution < -0.4 is 10.3 Å². The molecule has 0 aliphatic heterocycles. The van der Waals surface area contributed by atoms with Crippen molar-refractivity contribution in [1.29, 1.82) is 0 Å². The first-order valence-electron chi connectivity index (χ1n) is 9.28. The van der Waals surface area contributed by atoms with Gasteiger partial charge in [-0.15, -0.1) is 22.7 Å². The molecule has 0 spiro atoms. The van der Waals surface area contributed by atoms with Gasteiger partial charge in [-0.2, -0.15) is 0 Å². The molecule has 4 aromatic rings. The summed E-state index contributed by atoms with van der Waals surface area (Å²) in [5.74, 6) is 0.646. The third-order valence-corrected chi connectivity index (χ3v) is 6.59. The summed E-state index contributed by atoms with van der Waals surface area (Å²) in [6, 6.07) is 9.43. The zero-order chi connectivity index (χ0) is 20.5. The molecule has 148 valence electrons. The number of hydrogen-bond acceptors (Lipinski definition) is 6. The first-order chi connectivity index (χ1) is 14.0. The molecule has 5 nitrogen and oxygen atoms in total. The summed E-state index contributed by atoms with van der Waals surface area (Å²) in [6.07, 6.45) is 1.57. The lowest BCUT2D eigenvalue weighted by molar-refractivity contribution is 0.101. The van der Waals surface area contributed by atoms with Crippen LogP contribution in [0.15, 0.2) is 46.8 Å². The van der Waals surface area contributed by atoms with E-state index in [9.17, 15) is 9.59 Å². The van der Waals surface area contributed by atoms with E-state index in [1.165, 1.54) is 23.1 Å². The number of aromatic nitrogens is 2. The standard InChI is InChI=1S/C22H20N2O3S2/c1-4-27-18-7-6-15(14(3)25)9-16(18)10-24-12-23-21-20(22(24)26)17(11-28-21)19-8-5-13(2)29-19/h5-9,11-12H,4,10H2,1-3H3. The maximum atomic E-state index is 13.3. The second kappa shape index (κ2) is 7.93. The molecule has 0 saturated heterocycles. The summed E-state index contributed by atoms with van der Waals surface area (Å²) in [6.45, 7) is 6.28. The van der Waals surface area contributed by atoms with Crippen molar-refractivity contribution >= 4 is 38.7 Å². The molecule has 29 heavy (non-hydrogen) atoms. The minimum atomic E-state index is -0.0898. The first-order valence-corrected chi connectivity index (χ1v) is 11.0. The number of carbonyl (C=O) groups is 1. The SMILES string of the molecule is CCOc1ccc(C(C)=O)cc1Cn1cnc2scc(-c3ccc(C)s3)c2c1=O. The number of ether oxygens (including phenoxy) is 1.